The summed E-state index contributed by atoms with van der Waals surface area (Å²) in [5.74, 6) is -0.565. The summed E-state index contributed by atoms with van der Waals surface area (Å²) in [4.78, 5) is 21.3. The summed E-state index contributed by atoms with van der Waals surface area (Å²) in [6, 6.07) is 10.1. The molecule has 9 heteroatoms. The third-order valence-corrected chi connectivity index (χ3v) is 7.69. The van der Waals surface area contributed by atoms with E-state index in [9.17, 15) is 13.2 Å². The number of ether oxygens (including phenoxy) is 1. The minimum absolute atomic E-state index is 0.0879. The average Bonchev–Trinajstić information content (AvgIpc) is 3.11. The SMILES string of the molecule is COc1ccc(S(=O)(=O)CC(=O)N(CCN(C)C)c2nc3cc(C)cc(C)c3s2)cc1. The average molecular weight is 462 g/mol. The van der Waals surface area contributed by atoms with E-state index in [2.05, 4.69) is 11.1 Å². The molecule has 0 aliphatic rings. The normalized spacial score (nSPS) is 11.8. The fraction of sp³-hybridized carbons (Fsp3) is 0.364. The van der Waals surface area contributed by atoms with Crippen molar-refractivity contribution in [1.82, 2.24) is 9.88 Å². The first-order valence-corrected chi connectivity index (χ1v) is 12.3. The summed E-state index contributed by atoms with van der Waals surface area (Å²) in [5.41, 5.74) is 3.00. The predicted molar refractivity (Wildman–Crippen MR) is 125 cm³/mol. The topological polar surface area (TPSA) is 79.8 Å². The Kier molecular flexibility index (Phi) is 6.98. The zero-order valence-electron chi connectivity index (χ0n) is 18.4. The first-order chi connectivity index (χ1) is 14.6. The summed E-state index contributed by atoms with van der Waals surface area (Å²) in [5, 5.41) is 0.514. The maximum atomic E-state index is 13.2. The Balaban J connectivity index is 1.92. The summed E-state index contributed by atoms with van der Waals surface area (Å²) in [7, 11) is 1.52. The number of anilines is 1. The van der Waals surface area contributed by atoms with Crippen LogP contribution >= 0.6 is 11.3 Å². The summed E-state index contributed by atoms with van der Waals surface area (Å²) >= 11 is 1.41. The number of carbonyl (C=O) groups is 1. The Morgan fingerprint density at radius 1 is 1.10 bits per heavy atom. The van der Waals surface area contributed by atoms with Crippen molar-refractivity contribution < 1.29 is 17.9 Å². The van der Waals surface area contributed by atoms with Gasteiger partial charge in [0.15, 0.2) is 15.0 Å². The number of benzene rings is 2. The number of carbonyl (C=O) groups excluding carboxylic acids is 1. The minimum Gasteiger partial charge on any atom is -0.497 e. The minimum atomic E-state index is -3.80. The first kappa shape index (κ1) is 23.2. The Bertz CT molecular complexity index is 1190. The van der Waals surface area contributed by atoms with Crippen LogP contribution in [0.25, 0.3) is 10.2 Å². The maximum absolute atomic E-state index is 13.2. The molecule has 0 saturated carbocycles. The molecular formula is C22H27N3O4S2. The summed E-state index contributed by atoms with van der Waals surface area (Å²) in [6.45, 7) is 4.95. The molecule has 0 atom stereocenters. The predicted octanol–water partition coefficient (Wildman–Crippen LogP) is 3.29. The van der Waals surface area contributed by atoms with Crippen LogP contribution in [0.3, 0.4) is 0 Å². The van der Waals surface area contributed by atoms with Gasteiger partial charge in [-0.05, 0) is 69.4 Å². The monoisotopic (exact) mass is 461 g/mol. The molecule has 0 N–H and O–H groups in total. The molecule has 31 heavy (non-hydrogen) atoms. The van der Waals surface area contributed by atoms with E-state index in [0.717, 1.165) is 21.3 Å². The highest BCUT2D eigenvalue weighted by Gasteiger charge is 2.27. The quantitative estimate of drug-likeness (QED) is 0.512. The number of likely N-dealkylation sites (N-methyl/N-ethyl adjacent to an activating group) is 1. The highest BCUT2D eigenvalue weighted by atomic mass is 32.2. The molecule has 0 aliphatic heterocycles. The van der Waals surface area contributed by atoms with Gasteiger partial charge in [-0.25, -0.2) is 13.4 Å². The van der Waals surface area contributed by atoms with Crippen LogP contribution in [0.5, 0.6) is 5.75 Å². The number of aromatic nitrogens is 1. The number of hydrogen-bond acceptors (Lipinski definition) is 7. The first-order valence-electron chi connectivity index (χ1n) is 9.80. The van der Waals surface area contributed by atoms with Crippen LogP contribution in [0, 0.1) is 13.8 Å². The van der Waals surface area contributed by atoms with Gasteiger partial charge in [0.25, 0.3) is 0 Å². The number of rotatable bonds is 8. The van der Waals surface area contributed by atoms with Gasteiger partial charge in [0.2, 0.25) is 5.91 Å². The molecule has 166 valence electrons. The standard InChI is InChI=1S/C22H27N3O4S2/c1-15-12-16(2)21-19(13-15)23-22(30-21)25(11-10-24(3)4)20(26)14-31(27,28)18-8-6-17(29-5)7-9-18/h6-9,12-13H,10-11,14H2,1-5H3. The lowest BCUT2D eigenvalue weighted by atomic mass is 10.1. The third-order valence-electron chi connectivity index (χ3n) is 4.84. The van der Waals surface area contributed by atoms with Crippen molar-refractivity contribution in [2.75, 3.05) is 44.9 Å². The van der Waals surface area contributed by atoms with Crippen LogP contribution in [-0.4, -0.2) is 64.3 Å². The van der Waals surface area contributed by atoms with Crippen LogP contribution in [0.2, 0.25) is 0 Å². The molecule has 0 unspecified atom stereocenters. The second kappa shape index (κ2) is 9.33. The van der Waals surface area contributed by atoms with E-state index in [4.69, 9.17) is 4.74 Å². The lowest BCUT2D eigenvalue weighted by molar-refractivity contribution is -0.116. The Morgan fingerprint density at radius 2 is 1.77 bits per heavy atom. The second-order valence-corrected chi connectivity index (χ2v) is 10.7. The zero-order chi connectivity index (χ0) is 22.8. The Labute approximate surface area is 187 Å². The highest BCUT2D eigenvalue weighted by Crippen LogP contribution is 2.32. The van der Waals surface area contributed by atoms with E-state index in [-0.39, 0.29) is 4.90 Å². The molecule has 1 aromatic heterocycles. The molecule has 3 aromatic rings. The molecule has 0 bridgehead atoms. The summed E-state index contributed by atoms with van der Waals surface area (Å²) < 4.78 is 31.8. The largest absolute Gasteiger partial charge is 0.497 e. The van der Waals surface area contributed by atoms with Crippen LogP contribution in [-0.2, 0) is 14.6 Å². The molecule has 1 amide bonds. The summed E-state index contributed by atoms with van der Waals surface area (Å²) in [6.07, 6.45) is 0. The van der Waals surface area contributed by atoms with Crippen LogP contribution in [0.1, 0.15) is 11.1 Å². The van der Waals surface area contributed by atoms with E-state index in [1.54, 1.807) is 12.1 Å². The van der Waals surface area contributed by atoms with Gasteiger partial charge in [-0.3, -0.25) is 9.69 Å². The van der Waals surface area contributed by atoms with Crippen molar-refractivity contribution in [3.8, 4) is 5.75 Å². The van der Waals surface area contributed by atoms with Gasteiger partial charge >= 0.3 is 0 Å². The lowest BCUT2D eigenvalue weighted by Gasteiger charge is -2.22. The number of hydrogen-bond donors (Lipinski definition) is 0. The van der Waals surface area contributed by atoms with Gasteiger partial charge in [0.05, 0.1) is 22.2 Å². The molecule has 2 aromatic carbocycles. The molecule has 0 radical (unpaired) electrons. The second-order valence-electron chi connectivity index (χ2n) is 7.71. The van der Waals surface area contributed by atoms with Gasteiger partial charge < -0.3 is 9.64 Å². The zero-order valence-corrected chi connectivity index (χ0v) is 20.0. The number of nitrogens with zero attached hydrogens (tertiary/aromatic N) is 3. The number of amides is 1. The van der Waals surface area contributed by atoms with E-state index in [0.29, 0.717) is 24.0 Å². The third kappa shape index (κ3) is 5.41. The molecule has 0 aliphatic carbocycles. The van der Waals surface area contributed by atoms with Crippen molar-refractivity contribution in [3.05, 3.63) is 47.5 Å². The fourth-order valence-corrected chi connectivity index (χ4v) is 5.47. The van der Waals surface area contributed by atoms with Gasteiger partial charge in [-0.2, -0.15) is 0 Å². The van der Waals surface area contributed by atoms with Crippen LogP contribution in [0.15, 0.2) is 41.3 Å². The molecule has 3 rings (SSSR count). The number of sulfone groups is 1. The van der Waals surface area contributed by atoms with Gasteiger partial charge in [0.1, 0.15) is 11.5 Å². The van der Waals surface area contributed by atoms with Crippen molar-refractivity contribution in [2.24, 2.45) is 0 Å². The number of methoxy groups -OCH3 is 1. The molecule has 0 saturated heterocycles. The van der Waals surface area contributed by atoms with Crippen molar-refractivity contribution in [1.29, 1.82) is 0 Å². The highest BCUT2D eigenvalue weighted by molar-refractivity contribution is 7.92. The van der Waals surface area contributed by atoms with E-state index in [1.807, 2.05) is 38.9 Å². The number of fused-ring (bicyclic) bond motifs is 1. The smallest absolute Gasteiger partial charge is 0.244 e. The molecule has 0 spiro atoms. The molecule has 0 fully saturated rings. The number of aryl methyl sites for hydroxylation is 2. The van der Waals surface area contributed by atoms with Crippen molar-refractivity contribution in [2.45, 2.75) is 18.7 Å². The lowest BCUT2D eigenvalue weighted by Crippen LogP contribution is -2.40. The Morgan fingerprint density at radius 3 is 2.39 bits per heavy atom. The maximum Gasteiger partial charge on any atom is 0.244 e. The van der Waals surface area contributed by atoms with Crippen LogP contribution < -0.4 is 9.64 Å². The van der Waals surface area contributed by atoms with Gasteiger partial charge in [-0.1, -0.05) is 17.4 Å². The van der Waals surface area contributed by atoms with Gasteiger partial charge in [0, 0.05) is 13.1 Å². The van der Waals surface area contributed by atoms with Gasteiger partial charge in [-0.15, -0.1) is 0 Å². The Hall–Kier alpha value is -2.49. The molecular weight excluding hydrogens is 434 g/mol. The van der Waals surface area contributed by atoms with E-state index >= 15 is 0 Å². The van der Waals surface area contributed by atoms with E-state index < -0.39 is 21.5 Å². The molecule has 1 heterocycles. The number of thiazole rings is 1. The van der Waals surface area contributed by atoms with Crippen molar-refractivity contribution >= 4 is 42.4 Å². The fourth-order valence-electron chi connectivity index (χ4n) is 3.21. The molecule has 7 nitrogen and oxygen atoms in total. The van der Waals surface area contributed by atoms with E-state index in [1.165, 1.54) is 35.5 Å². The van der Waals surface area contributed by atoms with Crippen LogP contribution in [0.4, 0.5) is 5.13 Å². The van der Waals surface area contributed by atoms with Crippen molar-refractivity contribution in [3.63, 3.8) is 0 Å².